The summed E-state index contributed by atoms with van der Waals surface area (Å²) in [5.41, 5.74) is 0.941. The molecular formula is C24H31N3O6S. The number of thiophene rings is 1. The molecule has 1 amide bonds. The maximum Gasteiger partial charge on any atom is 0.305 e. The van der Waals surface area contributed by atoms with Crippen LogP contribution in [0.5, 0.6) is 0 Å². The highest BCUT2D eigenvalue weighted by molar-refractivity contribution is 7.10. The van der Waals surface area contributed by atoms with Gasteiger partial charge in [0, 0.05) is 16.3 Å². The van der Waals surface area contributed by atoms with Crippen LogP contribution in [0.15, 0.2) is 47.8 Å². The minimum Gasteiger partial charge on any atom is -0.481 e. The van der Waals surface area contributed by atoms with E-state index in [-0.39, 0.29) is 30.4 Å². The van der Waals surface area contributed by atoms with E-state index < -0.39 is 42.0 Å². The van der Waals surface area contributed by atoms with Crippen molar-refractivity contribution in [1.29, 1.82) is 0 Å². The van der Waals surface area contributed by atoms with E-state index in [1.807, 2.05) is 61.7 Å². The van der Waals surface area contributed by atoms with Crippen LogP contribution in [0.2, 0.25) is 0 Å². The number of amides is 1. The highest BCUT2D eigenvalue weighted by Crippen LogP contribution is 2.41. The number of nitro groups is 1. The van der Waals surface area contributed by atoms with Crippen LogP contribution in [-0.2, 0) is 20.9 Å². The first-order chi connectivity index (χ1) is 16.3. The number of nitrogens with one attached hydrogen (secondary N) is 2. The van der Waals surface area contributed by atoms with E-state index in [1.54, 1.807) is 0 Å². The number of aliphatic carboxylic acids is 1. The van der Waals surface area contributed by atoms with Crippen molar-refractivity contribution >= 4 is 23.2 Å². The molecule has 2 aromatic rings. The summed E-state index contributed by atoms with van der Waals surface area (Å²) in [5.74, 6) is -2.27. The number of carbonyl (C=O) groups is 2. The van der Waals surface area contributed by atoms with Gasteiger partial charge in [0.05, 0.1) is 31.1 Å². The minimum atomic E-state index is -1.08. The zero-order valence-electron chi connectivity index (χ0n) is 19.3. The van der Waals surface area contributed by atoms with Crippen LogP contribution in [-0.4, -0.2) is 46.6 Å². The number of ether oxygens (including phenoxy) is 1. The minimum absolute atomic E-state index is 0.0469. The maximum absolute atomic E-state index is 13.2. The summed E-state index contributed by atoms with van der Waals surface area (Å²) >= 11 is 1.40. The number of rotatable bonds is 12. The molecule has 3 N–H and O–H groups in total. The average molecular weight is 490 g/mol. The highest BCUT2D eigenvalue weighted by Gasteiger charge is 2.58. The van der Waals surface area contributed by atoms with E-state index in [1.165, 1.54) is 11.3 Å². The lowest BCUT2D eigenvalue weighted by molar-refractivity contribution is -0.535. The largest absolute Gasteiger partial charge is 0.481 e. The monoisotopic (exact) mass is 489 g/mol. The Morgan fingerprint density at radius 2 is 2.00 bits per heavy atom. The normalized spacial score (nSPS) is 23.8. The smallest absolute Gasteiger partial charge is 0.305 e. The second kappa shape index (κ2) is 12.0. The molecule has 10 heteroatoms. The SMILES string of the molecule is CC[C@H](C)C(OCc1ccccc1)[C@H]1[C@H]([N+](=O)[O-])[C@H](c2cccs2)N[C@@H]1C(=O)NCCC(=O)O. The molecule has 3 rings (SSSR count). The van der Waals surface area contributed by atoms with Gasteiger partial charge in [-0.2, -0.15) is 0 Å². The van der Waals surface area contributed by atoms with Crippen LogP contribution in [0, 0.1) is 22.0 Å². The summed E-state index contributed by atoms with van der Waals surface area (Å²) in [4.78, 5) is 36.9. The van der Waals surface area contributed by atoms with Crippen molar-refractivity contribution in [3.63, 3.8) is 0 Å². The summed E-state index contributed by atoms with van der Waals surface area (Å²) in [7, 11) is 0. The Morgan fingerprint density at radius 3 is 2.59 bits per heavy atom. The zero-order valence-corrected chi connectivity index (χ0v) is 20.1. The summed E-state index contributed by atoms with van der Waals surface area (Å²) in [6.45, 7) is 4.19. The molecule has 1 saturated heterocycles. The molecule has 0 saturated carbocycles. The fourth-order valence-corrected chi connectivity index (χ4v) is 5.32. The first-order valence-corrected chi connectivity index (χ1v) is 12.3. The Bertz CT molecular complexity index is 955. The molecule has 1 fully saturated rings. The molecule has 2 heterocycles. The van der Waals surface area contributed by atoms with Gasteiger partial charge in [0.2, 0.25) is 11.9 Å². The van der Waals surface area contributed by atoms with Crippen molar-refractivity contribution in [2.75, 3.05) is 6.54 Å². The Hall–Kier alpha value is -2.82. The molecule has 0 radical (unpaired) electrons. The van der Waals surface area contributed by atoms with Crippen LogP contribution in [0.25, 0.3) is 0 Å². The van der Waals surface area contributed by atoms with E-state index in [0.29, 0.717) is 0 Å². The van der Waals surface area contributed by atoms with Gasteiger partial charge in [-0.1, -0.05) is 56.7 Å². The van der Waals surface area contributed by atoms with Crippen LogP contribution in [0.3, 0.4) is 0 Å². The Morgan fingerprint density at radius 1 is 1.26 bits per heavy atom. The molecule has 1 aromatic carbocycles. The Kier molecular flexibility index (Phi) is 9.14. The maximum atomic E-state index is 13.2. The van der Waals surface area contributed by atoms with Gasteiger partial charge in [-0.05, 0) is 22.9 Å². The predicted molar refractivity (Wildman–Crippen MR) is 128 cm³/mol. The van der Waals surface area contributed by atoms with Crippen molar-refractivity contribution in [2.24, 2.45) is 11.8 Å². The first-order valence-electron chi connectivity index (χ1n) is 11.4. The van der Waals surface area contributed by atoms with Gasteiger partial charge in [0.1, 0.15) is 6.04 Å². The zero-order chi connectivity index (χ0) is 24.7. The molecule has 1 unspecified atom stereocenters. The second-order valence-corrected chi connectivity index (χ2v) is 9.55. The molecule has 0 aliphatic carbocycles. The fourth-order valence-electron chi connectivity index (χ4n) is 4.49. The lowest BCUT2D eigenvalue weighted by Crippen LogP contribution is -2.51. The van der Waals surface area contributed by atoms with Gasteiger partial charge in [-0.25, -0.2) is 0 Å². The third-order valence-electron chi connectivity index (χ3n) is 6.36. The number of carboxylic acid groups (broad SMARTS) is 1. The number of hydrogen-bond donors (Lipinski definition) is 3. The van der Waals surface area contributed by atoms with Crippen LogP contribution < -0.4 is 10.6 Å². The van der Waals surface area contributed by atoms with Gasteiger partial charge in [-0.15, -0.1) is 11.3 Å². The number of nitrogens with zero attached hydrogens (tertiary/aromatic N) is 1. The van der Waals surface area contributed by atoms with Gasteiger partial charge < -0.3 is 15.2 Å². The van der Waals surface area contributed by atoms with Gasteiger partial charge in [0.15, 0.2) is 0 Å². The van der Waals surface area contributed by atoms with E-state index in [9.17, 15) is 19.7 Å². The predicted octanol–water partition coefficient (Wildman–Crippen LogP) is 3.24. The molecule has 9 nitrogen and oxygen atoms in total. The summed E-state index contributed by atoms with van der Waals surface area (Å²) in [6.07, 6.45) is -0.0689. The summed E-state index contributed by atoms with van der Waals surface area (Å²) in [5, 5.41) is 29.0. The van der Waals surface area contributed by atoms with Crippen molar-refractivity contribution in [3.8, 4) is 0 Å². The Labute approximate surface area is 202 Å². The van der Waals surface area contributed by atoms with E-state index in [0.717, 1.165) is 16.9 Å². The lowest BCUT2D eigenvalue weighted by atomic mass is 9.81. The molecule has 34 heavy (non-hydrogen) atoms. The number of carbonyl (C=O) groups excluding carboxylic acids is 1. The molecule has 0 bridgehead atoms. The fraction of sp³-hybridized carbons (Fsp3) is 0.500. The summed E-state index contributed by atoms with van der Waals surface area (Å²) in [6, 6.07) is 10.6. The van der Waals surface area contributed by atoms with Crippen molar-refractivity contribution in [1.82, 2.24) is 10.6 Å². The van der Waals surface area contributed by atoms with Crippen LogP contribution in [0.4, 0.5) is 0 Å². The molecule has 184 valence electrons. The molecule has 0 spiro atoms. The first kappa shape index (κ1) is 25.8. The molecule has 1 aromatic heterocycles. The quantitative estimate of drug-likeness (QED) is 0.308. The second-order valence-electron chi connectivity index (χ2n) is 8.57. The third-order valence-corrected chi connectivity index (χ3v) is 7.32. The van der Waals surface area contributed by atoms with Crippen molar-refractivity contribution in [3.05, 3.63) is 68.4 Å². The molecule has 6 atom stereocenters. The number of benzene rings is 1. The molecular weight excluding hydrogens is 458 g/mol. The summed E-state index contributed by atoms with van der Waals surface area (Å²) < 4.78 is 6.32. The highest BCUT2D eigenvalue weighted by atomic mass is 32.1. The lowest BCUT2D eigenvalue weighted by Gasteiger charge is -2.32. The van der Waals surface area contributed by atoms with Gasteiger partial charge in [0.25, 0.3) is 0 Å². The van der Waals surface area contributed by atoms with Gasteiger partial charge >= 0.3 is 5.97 Å². The van der Waals surface area contributed by atoms with E-state index in [2.05, 4.69) is 10.6 Å². The standard InChI is InChI=1S/C24H31N3O6S/c1-3-15(2)23(33-14-16-8-5-4-6-9-16)19-21(24(30)25-12-11-18(28)29)26-20(22(19)27(31)32)17-10-7-13-34-17/h4-10,13,15,19-23,26H,3,11-12,14H2,1-2H3,(H,25,30)(H,28,29)/t15-,19+,20-,21-,22-,23?/m0/s1. The van der Waals surface area contributed by atoms with E-state index >= 15 is 0 Å². The topological polar surface area (TPSA) is 131 Å². The van der Waals surface area contributed by atoms with Crippen LogP contribution in [0.1, 0.15) is 43.2 Å². The third kappa shape index (κ3) is 6.19. The van der Waals surface area contributed by atoms with E-state index in [4.69, 9.17) is 9.84 Å². The van der Waals surface area contributed by atoms with Crippen LogP contribution >= 0.6 is 11.3 Å². The van der Waals surface area contributed by atoms with Gasteiger partial charge in [-0.3, -0.25) is 25.0 Å². The molecule has 1 aliphatic rings. The van der Waals surface area contributed by atoms with Crippen molar-refractivity contribution in [2.45, 2.75) is 57.5 Å². The number of hydrogen-bond acceptors (Lipinski definition) is 7. The Balaban J connectivity index is 1.94. The molecule has 1 aliphatic heterocycles. The number of carboxylic acids is 1. The van der Waals surface area contributed by atoms with Crippen molar-refractivity contribution < 1.29 is 24.4 Å². The average Bonchev–Trinajstić information content (AvgIpc) is 3.47.